The number of halogens is 2. The molecule has 2 rings (SSSR count). The van der Waals surface area contributed by atoms with Crippen molar-refractivity contribution in [3.05, 3.63) is 59.9 Å². The van der Waals surface area contributed by atoms with Crippen LogP contribution >= 0.6 is 15.9 Å². The minimum Gasteiger partial charge on any atom is -0.457 e. The number of hydrogen-bond donors (Lipinski definition) is 1. The lowest BCUT2D eigenvalue weighted by atomic mass is 9.92. The van der Waals surface area contributed by atoms with Crippen molar-refractivity contribution in [3.63, 3.8) is 0 Å². The highest BCUT2D eigenvalue weighted by Crippen LogP contribution is 2.35. The van der Waals surface area contributed by atoms with Gasteiger partial charge in [-0.25, -0.2) is 4.39 Å². The lowest BCUT2D eigenvalue weighted by Crippen LogP contribution is -2.22. The van der Waals surface area contributed by atoms with Crippen LogP contribution in [0, 0.1) is 5.82 Å². The molecule has 0 aliphatic heterocycles. The molecule has 2 aromatic rings. The Labute approximate surface area is 126 Å². The summed E-state index contributed by atoms with van der Waals surface area (Å²) in [5, 5.41) is 11.2. The molecule has 1 atom stereocenters. The molecule has 0 radical (unpaired) electrons. The molecule has 0 amide bonds. The first-order valence-corrected chi connectivity index (χ1v) is 7.46. The first kappa shape index (κ1) is 15.0. The summed E-state index contributed by atoms with van der Waals surface area (Å²) >= 11 is 3.34. The number of para-hydroxylation sites is 1. The van der Waals surface area contributed by atoms with Crippen molar-refractivity contribution in [3.8, 4) is 11.5 Å². The van der Waals surface area contributed by atoms with E-state index in [0.717, 1.165) is 0 Å². The highest BCUT2D eigenvalue weighted by Gasteiger charge is 2.26. The summed E-state index contributed by atoms with van der Waals surface area (Å²) in [5.74, 6) is 0.801. The third-order valence-corrected chi connectivity index (χ3v) is 3.49. The summed E-state index contributed by atoms with van der Waals surface area (Å²) in [4.78, 5) is 0. The van der Waals surface area contributed by atoms with Gasteiger partial charge >= 0.3 is 0 Å². The van der Waals surface area contributed by atoms with E-state index >= 15 is 0 Å². The molecule has 2 nitrogen and oxygen atoms in total. The fourth-order valence-electron chi connectivity index (χ4n) is 1.95. The number of benzene rings is 2. The SMILES string of the molecule is CC(O)(CCBr)c1ccccc1Oc1ccc(F)cc1. The Hall–Kier alpha value is -1.39. The van der Waals surface area contributed by atoms with Gasteiger partial charge in [0.25, 0.3) is 0 Å². The number of hydrogen-bond acceptors (Lipinski definition) is 2. The van der Waals surface area contributed by atoms with Gasteiger partial charge in [-0.3, -0.25) is 0 Å². The van der Waals surface area contributed by atoms with E-state index < -0.39 is 5.60 Å². The maximum atomic E-state index is 12.9. The van der Waals surface area contributed by atoms with Gasteiger partial charge < -0.3 is 9.84 Å². The van der Waals surface area contributed by atoms with E-state index in [1.807, 2.05) is 18.2 Å². The quantitative estimate of drug-likeness (QED) is 0.806. The van der Waals surface area contributed by atoms with Crippen molar-refractivity contribution in [1.82, 2.24) is 0 Å². The second-order valence-corrected chi connectivity index (χ2v) is 5.56. The average Bonchev–Trinajstić information content (AvgIpc) is 2.42. The van der Waals surface area contributed by atoms with E-state index in [1.54, 1.807) is 25.1 Å². The van der Waals surface area contributed by atoms with Crippen LogP contribution in [0.25, 0.3) is 0 Å². The number of aliphatic hydroxyl groups is 1. The highest BCUT2D eigenvalue weighted by atomic mass is 79.9. The molecule has 0 bridgehead atoms. The van der Waals surface area contributed by atoms with E-state index in [0.29, 0.717) is 28.8 Å². The smallest absolute Gasteiger partial charge is 0.133 e. The second-order valence-electron chi connectivity index (χ2n) is 4.76. The molecule has 106 valence electrons. The zero-order valence-corrected chi connectivity index (χ0v) is 12.7. The van der Waals surface area contributed by atoms with Crippen LogP contribution in [0.3, 0.4) is 0 Å². The minimum absolute atomic E-state index is 0.308. The molecule has 0 aromatic heterocycles. The Balaban J connectivity index is 2.30. The predicted molar refractivity (Wildman–Crippen MR) is 80.9 cm³/mol. The molecule has 0 aliphatic rings. The second kappa shape index (κ2) is 6.37. The Morgan fingerprint density at radius 2 is 1.80 bits per heavy atom. The summed E-state index contributed by atoms with van der Waals surface area (Å²) in [6, 6.07) is 13.1. The van der Waals surface area contributed by atoms with Gasteiger partial charge in [0, 0.05) is 10.9 Å². The van der Waals surface area contributed by atoms with Gasteiger partial charge in [0.2, 0.25) is 0 Å². The van der Waals surface area contributed by atoms with E-state index in [9.17, 15) is 9.50 Å². The Bertz CT molecular complexity index is 567. The molecule has 0 spiro atoms. The number of alkyl halides is 1. The lowest BCUT2D eigenvalue weighted by molar-refractivity contribution is 0.0526. The summed E-state index contributed by atoms with van der Waals surface area (Å²) in [7, 11) is 0. The van der Waals surface area contributed by atoms with Crippen molar-refractivity contribution in [2.45, 2.75) is 18.9 Å². The molecule has 0 fully saturated rings. The van der Waals surface area contributed by atoms with E-state index in [1.165, 1.54) is 12.1 Å². The van der Waals surface area contributed by atoms with Crippen molar-refractivity contribution < 1.29 is 14.2 Å². The maximum absolute atomic E-state index is 12.9. The first-order valence-electron chi connectivity index (χ1n) is 6.34. The van der Waals surface area contributed by atoms with Crippen LogP contribution in [0.4, 0.5) is 4.39 Å². The average molecular weight is 339 g/mol. The van der Waals surface area contributed by atoms with Gasteiger partial charge in [-0.2, -0.15) is 0 Å². The topological polar surface area (TPSA) is 29.5 Å². The molecule has 2 aromatic carbocycles. The standard InChI is InChI=1S/C16H16BrFO2/c1-16(19,10-11-17)14-4-2-3-5-15(14)20-13-8-6-12(18)7-9-13/h2-9,19H,10-11H2,1H3. The monoisotopic (exact) mass is 338 g/mol. The summed E-state index contributed by atoms with van der Waals surface area (Å²) < 4.78 is 18.6. The summed E-state index contributed by atoms with van der Waals surface area (Å²) in [6.45, 7) is 1.75. The molecule has 0 saturated heterocycles. The molecule has 0 saturated carbocycles. The van der Waals surface area contributed by atoms with Crippen LogP contribution in [0.1, 0.15) is 18.9 Å². The zero-order chi connectivity index (χ0) is 14.6. The van der Waals surface area contributed by atoms with Crippen molar-refractivity contribution in [2.75, 3.05) is 5.33 Å². The number of ether oxygens (including phenoxy) is 1. The molecule has 1 N–H and O–H groups in total. The predicted octanol–water partition coefficient (Wildman–Crippen LogP) is 4.61. The Morgan fingerprint density at radius 3 is 2.45 bits per heavy atom. The molecular formula is C16H16BrFO2. The molecule has 0 aliphatic carbocycles. The van der Waals surface area contributed by atoms with Crippen LogP contribution in [-0.4, -0.2) is 10.4 Å². The lowest BCUT2D eigenvalue weighted by Gasteiger charge is -2.25. The summed E-state index contributed by atoms with van der Waals surface area (Å²) in [5.41, 5.74) is -0.274. The number of rotatable bonds is 5. The van der Waals surface area contributed by atoms with Crippen LogP contribution in [0.15, 0.2) is 48.5 Å². The normalized spacial score (nSPS) is 13.8. The molecule has 20 heavy (non-hydrogen) atoms. The largest absolute Gasteiger partial charge is 0.457 e. The molecule has 4 heteroatoms. The van der Waals surface area contributed by atoms with E-state index in [-0.39, 0.29) is 5.82 Å². The Morgan fingerprint density at radius 1 is 1.15 bits per heavy atom. The van der Waals surface area contributed by atoms with Gasteiger partial charge in [-0.1, -0.05) is 34.1 Å². The van der Waals surface area contributed by atoms with Gasteiger partial charge in [0.1, 0.15) is 17.3 Å². The van der Waals surface area contributed by atoms with Crippen molar-refractivity contribution in [2.24, 2.45) is 0 Å². The zero-order valence-electron chi connectivity index (χ0n) is 11.1. The van der Waals surface area contributed by atoms with Crippen molar-refractivity contribution in [1.29, 1.82) is 0 Å². The van der Waals surface area contributed by atoms with Gasteiger partial charge in [0.15, 0.2) is 0 Å². The summed E-state index contributed by atoms with van der Waals surface area (Å²) in [6.07, 6.45) is 0.566. The minimum atomic E-state index is -0.986. The molecule has 1 unspecified atom stereocenters. The fraction of sp³-hybridized carbons (Fsp3) is 0.250. The van der Waals surface area contributed by atoms with E-state index in [4.69, 9.17) is 4.74 Å². The van der Waals surface area contributed by atoms with Crippen molar-refractivity contribution >= 4 is 15.9 Å². The van der Waals surface area contributed by atoms with Gasteiger partial charge in [-0.05, 0) is 43.7 Å². The van der Waals surface area contributed by atoms with Gasteiger partial charge in [0.05, 0.1) is 5.60 Å². The highest BCUT2D eigenvalue weighted by molar-refractivity contribution is 9.09. The molecule has 0 heterocycles. The Kier molecular flexibility index (Phi) is 4.78. The van der Waals surface area contributed by atoms with Crippen LogP contribution in [0.5, 0.6) is 11.5 Å². The maximum Gasteiger partial charge on any atom is 0.133 e. The van der Waals surface area contributed by atoms with Gasteiger partial charge in [-0.15, -0.1) is 0 Å². The molecular weight excluding hydrogens is 323 g/mol. The third-order valence-electron chi connectivity index (χ3n) is 3.09. The fourth-order valence-corrected chi connectivity index (χ4v) is 2.72. The van der Waals surface area contributed by atoms with Crippen LogP contribution in [-0.2, 0) is 5.60 Å². The third kappa shape index (κ3) is 3.58. The van der Waals surface area contributed by atoms with Crippen LogP contribution < -0.4 is 4.74 Å². The first-order chi connectivity index (χ1) is 9.53. The van der Waals surface area contributed by atoms with Crippen LogP contribution in [0.2, 0.25) is 0 Å². The van der Waals surface area contributed by atoms with E-state index in [2.05, 4.69) is 15.9 Å².